The molecule has 0 aliphatic heterocycles. The minimum Gasteiger partial charge on any atom is -0.354 e. The summed E-state index contributed by atoms with van der Waals surface area (Å²) >= 11 is 1.99. The minimum absolute atomic E-state index is 0. The maximum atomic E-state index is 4.40. The number of guanidine groups is 1. The molecule has 2 N–H and O–H groups in total. The molecule has 1 aromatic rings. The highest BCUT2D eigenvalue weighted by molar-refractivity contribution is 14.0. The van der Waals surface area contributed by atoms with Crippen LogP contribution in [0.4, 0.5) is 0 Å². The molecule has 0 heterocycles. The normalized spacial score (nSPS) is 30.5. The van der Waals surface area contributed by atoms with E-state index in [4.69, 9.17) is 0 Å². The zero-order valence-corrected chi connectivity index (χ0v) is 16.4. The lowest BCUT2D eigenvalue weighted by Crippen LogP contribution is -2.43. The van der Waals surface area contributed by atoms with E-state index in [-0.39, 0.29) is 24.0 Å². The molecule has 0 bridgehead atoms. The van der Waals surface area contributed by atoms with E-state index >= 15 is 0 Å². The Morgan fingerprint density at radius 3 is 2.55 bits per heavy atom. The van der Waals surface area contributed by atoms with Crippen LogP contribution in [0.2, 0.25) is 0 Å². The third-order valence-corrected chi connectivity index (χ3v) is 5.72. The van der Waals surface area contributed by atoms with E-state index in [9.17, 15) is 0 Å². The highest BCUT2D eigenvalue weighted by Crippen LogP contribution is 2.40. The first-order valence-corrected chi connectivity index (χ1v) is 9.16. The molecule has 3 nitrogen and oxygen atoms in total. The Balaban J connectivity index is 0.00000176. The summed E-state index contributed by atoms with van der Waals surface area (Å²) < 4.78 is 0. The van der Waals surface area contributed by atoms with Gasteiger partial charge in [0.25, 0.3) is 0 Å². The van der Waals surface area contributed by atoms with Crippen LogP contribution in [0.25, 0.3) is 0 Å². The van der Waals surface area contributed by atoms with Gasteiger partial charge in [-0.25, -0.2) is 0 Å². The van der Waals surface area contributed by atoms with Crippen molar-refractivity contribution < 1.29 is 0 Å². The van der Waals surface area contributed by atoms with Crippen LogP contribution in [0.15, 0.2) is 35.3 Å². The molecule has 2 fully saturated rings. The molecule has 2 aliphatic carbocycles. The molecule has 5 heteroatoms. The molecule has 3 rings (SSSR count). The summed E-state index contributed by atoms with van der Waals surface area (Å²) in [5, 5.41) is 8.00. The first kappa shape index (κ1) is 17.9. The first-order valence-electron chi connectivity index (χ1n) is 7.87. The summed E-state index contributed by atoms with van der Waals surface area (Å²) in [6.07, 6.45) is 7.27. The molecule has 22 heavy (non-hydrogen) atoms. The van der Waals surface area contributed by atoms with E-state index in [1.807, 2.05) is 18.8 Å². The maximum Gasteiger partial charge on any atom is 0.191 e. The molecule has 0 spiro atoms. The molecule has 0 saturated heterocycles. The molecule has 4 unspecified atom stereocenters. The topological polar surface area (TPSA) is 36.4 Å². The molecule has 1 aromatic carbocycles. The van der Waals surface area contributed by atoms with Gasteiger partial charge in [0.05, 0.1) is 0 Å². The Hall–Kier alpha value is -0.430. The number of benzene rings is 1. The third kappa shape index (κ3) is 4.54. The van der Waals surface area contributed by atoms with E-state index in [2.05, 4.69) is 52.2 Å². The van der Waals surface area contributed by atoms with Gasteiger partial charge in [-0.15, -0.1) is 24.0 Å². The molecule has 0 radical (unpaired) electrons. The van der Waals surface area contributed by atoms with Crippen LogP contribution < -0.4 is 10.6 Å². The zero-order chi connectivity index (χ0) is 14.7. The van der Waals surface area contributed by atoms with E-state index in [1.165, 1.54) is 31.2 Å². The van der Waals surface area contributed by atoms with Crippen LogP contribution in [-0.4, -0.2) is 36.6 Å². The predicted molar refractivity (Wildman–Crippen MR) is 108 cm³/mol. The molecular weight excluding hydrogens is 405 g/mol. The molecule has 122 valence electrons. The van der Waals surface area contributed by atoms with Crippen molar-refractivity contribution in [2.45, 2.75) is 48.9 Å². The van der Waals surface area contributed by atoms with Crippen LogP contribution in [0.1, 0.15) is 37.2 Å². The van der Waals surface area contributed by atoms with Crippen molar-refractivity contribution in [2.75, 3.05) is 13.3 Å². The highest BCUT2D eigenvalue weighted by atomic mass is 127. The number of aliphatic imine (C=N–C) groups is 1. The van der Waals surface area contributed by atoms with Gasteiger partial charge >= 0.3 is 0 Å². The Labute approximate surface area is 155 Å². The fourth-order valence-electron chi connectivity index (χ4n) is 3.25. The van der Waals surface area contributed by atoms with Crippen molar-refractivity contribution in [1.82, 2.24) is 10.6 Å². The van der Waals surface area contributed by atoms with Gasteiger partial charge in [-0.2, -0.15) is 11.8 Å². The fraction of sp³-hybridized carbons (Fsp3) is 0.588. The van der Waals surface area contributed by atoms with E-state index in [1.54, 1.807) is 0 Å². The zero-order valence-electron chi connectivity index (χ0n) is 13.3. The number of nitrogens with one attached hydrogen (secondary N) is 2. The predicted octanol–water partition coefficient (Wildman–Crippen LogP) is 3.61. The molecule has 0 aromatic heterocycles. The highest BCUT2D eigenvalue weighted by Gasteiger charge is 2.39. The van der Waals surface area contributed by atoms with Crippen LogP contribution in [0.5, 0.6) is 0 Å². The van der Waals surface area contributed by atoms with Gasteiger partial charge in [0, 0.05) is 30.3 Å². The monoisotopic (exact) mass is 431 g/mol. The SMILES string of the molecule is CN=C(NC1CCC(SC)C1)NC1CC1c1ccccc1.I. The summed E-state index contributed by atoms with van der Waals surface area (Å²) in [5.41, 5.74) is 1.44. The quantitative estimate of drug-likeness (QED) is 0.435. The average molecular weight is 431 g/mol. The van der Waals surface area contributed by atoms with Crippen LogP contribution >= 0.6 is 35.7 Å². The Morgan fingerprint density at radius 2 is 1.91 bits per heavy atom. The number of rotatable bonds is 4. The largest absolute Gasteiger partial charge is 0.354 e. The summed E-state index contributed by atoms with van der Waals surface area (Å²) in [7, 11) is 1.87. The third-order valence-electron chi connectivity index (χ3n) is 4.62. The lowest BCUT2D eigenvalue weighted by atomic mass is 10.1. The van der Waals surface area contributed by atoms with Gasteiger partial charge in [-0.05, 0) is 37.5 Å². The average Bonchev–Trinajstić information content (AvgIpc) is 3.15. The Kier molecular flexibility index (Phi) is 6.87. The Bertz CT molecular complexity index is 494. The molecular formula is C17H26IN3S. The van der Waals surface area contributed by atoms with Crippen molar-refractivity contribution >= 4 is 41.7 Å². The smallest absolute Gasteiger partial charge is 0.191 e. The second-order valence-corrected chi connectivity index (χ2v) is 7.23. The van der Waals surface area contributed by atoms with Crippen LogP contribution in [-0.2, 0) is 0 Å². The number of halogens is 1. The number of nitrogens with zero attached hydrogens (tertiary/aromatic N) is 1. The minimum atomic E-state index is 0. The molecule has 0 amide bonds. The van der Waals surface area contributed by atoms with Crippen molar-refractivity contribution in [3.63, 3.8) is 0 Å². The fourth-order valence-corrected chi connectivity index (χ4v) is 4.04. The molecule has 2 saturated carbocycles. The standard InChI is InChI=1S/C17H25N3S.HI/c1-18-17(19-13-8-9-14(10-13)21-2)20-16-11-15(16)12-6-4-3-5-7-12;/h3-7,13-16H,8-11H2,1-2H3,(H2,18,19,20);1H. The lowest BCUT2D eigenvalue weighted by Gasteiger charge is -2.17. The second-order valence-electron chi connectivity index (χ2n) is 6.09. The van der Waals surface area contributed by atoms with Crippen molar-refractivity contribution in [3.8, 4) is 0 Å². The van der Waals surface area contributed by atoms with Gasteiger partial charge in [-0.3, -0.25) is 4.99 Å². The summed E-state index contributed by atoms with van der Waals surface area (Å²) in [6.45, 7) is 0. The summed E-state index contributed by atoms with van der Waals surface area (Å²) in [4.78, 5) is 4.40. The number of hydrogen-bond donors (Lipinski definition) is 2. The summed E-state index contributed by atoms with van der Waals surface area (Å²) in [6, 6.07) is 11.9. The van der Waals surface area contributed by atoms with Crippen molar-refractivity contribution in [1.29, 1.82) is 0 Å². The number of hydrogen-bond acceptors (Lipinski definition) is 2. The van der Waals surface area contributed by atoms with Gasteiger partial charge in [0.1, 0.15) is 0 Å². The van der Waals surface area contributed by atoms with Crippen molar-refractivity contribution in [3.05, 3.63) is 35.9 Å². The van der Waals surface area contributed by atoms with Gasteiger partial charge < -0.3 is 10.6 Å². The van der Waals surface area contributed by atoms with Gasteiger partial charge in [-0.1, -0.05) is 30.3 Å². The van der Waals surface area contributed by atoms with Gasteiger partial charge in [0.15, 0.2) is 5.96 Å². The first-order chi connectivity index (χ1) is 10.3. The van der Waals surface area contributed by atoms with Crippen LogP contribution in [0.3, 0.4) is 0 Å². The summed E-state index contributed by atoms with van der Waals surface area (Å²) in [5.74, 6) is 1.62. The van der Waals surface area contributed by atoms with Gasteiger partial charge in [0.2, 0.25) is 0 Å². The second kappa shape index (κ2) is 8.43. The number of thioether (sulfide) groups is 1. The lowest BCUT2D eigenvalue weighted by molar-refractivity contribution is 0.613. The molecule has 4 atom stereocenters. The van der Waals surface area contributed by atoms with Crippen molar-refractivity contribution in [2.24, 2.45) is 4.99 Å². The van der Waals surface area contributed by atoms with E-state index in [0.717, 1.165) is 11.2 Å². The Morgan fingerprint density at radius 1 is 1.14 bits per heavy atom. The van der Waals surface area contributed by atoms with E-state index < -0.39 is 0 Å². The van der Waals surface area contributed by atoms with Crippen LogP contribution in [0, 0.1) is 0 Å². The molecule has 2 aliphatic rings. The maximum absolute atomic E-state index is 4.40. The van der Waals surface area contributed by atoms with E-state index in [0.29, 0.717) is 18.0 Å².